The Bertz CT molecular complexity index is 783. The molecule has 1 aromatic heterocycles. The van der Waals surface area contributed by atoms with Crippen LogP contribution >= 0.6 is 11.3 Å². The average Bonchev–Trinajstić information content (AvgIpc) is 2.98. The van der Waals surface area contributed by atoms with Crippen molar-refractivity contribution in [2.75, 3.05) is 12.4 Å². The average molecular weight is 346 g/mol. The lowest BCUT2D eigenvalue weighted by Crippen LogP contribution is -2.30. The van der Waals surface area contributed by atoms with E-state index in [1.54, 1.807) is 5.38 Å². The Morgan fingerprint density at radius 1 is 1.17 bits per heavy atom. The van der Waals surface area contributed by atoms with Crippen LogP contribution in [0.5, 0.6) is 0 Å². The molecule has 126 valence electrons. The van der Waals surface area contributed by atoms with Gasteiger partial charge in [-0.1, -0.05) is 23.8 Å². The van der Waals surface area contributed by atoms with Crippen molar-refractivity contribution >= 4 is 34.2 Å². The van der Waals surface area contributed by atoms with Gasteiger partial charge < -0.3 is 10.1 Å². The minimum absolute atomic E-state index is 0.210. The number of methoxy groups -OCH3 is 1. The van der Waals surface area contributed by atoms with E-state index in [0.29, 0.717) is 5.00 Å². The molecular formula is C17H18N2O4S. The van der Waals surface area contributed by atoms with Gasteiger partial charge in [-0.25, -0.2) is 4.79 Å². The fraction of sp³-hybridized carbons (Fsp3) is 0.235. The molecule has 2 rings (SSSR count). The number of rotatable bonds is 4. The van der Waals surface area contributed by atoms with Crippen LogP contribution in [0.2, 0.25) is 0 Å². The summed E-state index contributed by atoms with van der Waals surface area (Å²) in [7, 11) is 1.17. The Morgan fingerprint density at radius 3 is 2.58 bits per heavy atom. The molecule has 6 nitrogen and oxygen atoms in total. The summed E-state index contributed by atoms with van der Waals surface area (Å²) in [5.41, 5.74) is 3.33. The van der Waals surface area contributed by atoms with Crippen molar-refractivity contribution in [2.45, 2.75) is 20.3 Å². The van der Waals surface area contributed by atoms with Gasteiger partial charge in [0, 0.05) is 0 Å². The lowest BCUT2D eigenvalue weighted by atomic mass is 10.0. The number of alkyl carbamates (subject to hydrolysis) is 1. The summed E-state index contributed by atoms with van der Waals surface area (Å²) in [6.07, 6.45) is -0.638. The van der Waals surface area contributed by atoms with Crippen molar-refractivity contribution in [1.82, 2.24) is 5.32 Å². The van der Waals surface area contributed by atoms with Gasteiger partial charge in [-0.05, 0) is 36.4 Å². The largest absolute Gasteiger partial charge is 0.453 e. The van der Waals surface area contributed by atoms with E-state index in [2.05, 4.69) is 15.4 Å². The Hall–Kier alpha value is -2.67. The van der Waals surface area contributed by atoms with Crippen molar-refractivity contribution in [1.29, 1.82) is 0 Å². The molecule has 1 heterocycles. The molecule has 2 N–H and O–H groups in total. The maximum Gasteiger partial charge on any atom is 0.413 e. The molecule has 0 aliphatic rings. The second-order valence-electron chi connectivity index (χ2n) is 5.26. The molecule has 0 aliphatic heterocycles. The maximum absolute atomic E-state index is 12.2. The monoisotopic (exact) mass is 346 g/mol. The van der Waals surface area contributed by atoms with Crippen LogP contribution in [0, 0.1) is 13.8 Å². The fourth-order valence-electron chi connectivity index (χ4n) is 2.18. The molecule has 3 amide bonds. The van der Waals surface area contributed by atoms with E-state index < -0.39 is 12.0 Å². The third kappa shape index (κ3) is 4.42. The smallest absolute Gasteiger partial charge is 0.413 e. The molecule has 2 aromatic rings. The zero-order valence-corrected chi connectivity index (χ0v) is 14.5. The Labute approximate surface area is 143 Å². The highest BCUT2D eigenvalue weighted by molar-refractivity contribution is 7.14. The van der Waals surface area contributed by atoms with Gasteiger partial charge in [0.1, 0.15) is 5.00 Å². The van der Waals surface area contributed by atoms with Crippen LogP contribution in [0.3, 0.4) is 0 Å². The zero-order valence-electron chi connectivity index (χ0n) is 13.6. The summed E-state index contributed by atoms with van der Waals surface area (Å²) in [4.78, 5) is 35.3. The van der Waals surface area contributed by atoms with Crippen molar-refractivity contribution in [2.24, 2.45) is 0 Å². The molecule has 1 aromatic carbocycles. The summed E-state index contributed by atoms with van der Waals surface area (Å²) >= 11 is 1.21. The first-order valence-corrected chi connectivity index (χ1v) is 8.11. The van der Waals surface area contributed by atoms with E-state index >= 15 is 0 Å². The van der Waals surface area contributed by atoms with E-state index in [1.165, 1.54) is 24.5 Å². The normalized spacial score (nSPS) is 10.1. The molecule has 0 aliphatic carbocycles. The Kier molecular flexibility index (Phi) is 5.70. The third-order valence-corrected chi connectivity index (χ3v) is 4.24. The number of imide groups is 1. The van der Waals surface area contributed by atoms with Gasteiger partial charge in [-0.2, -0.15) is 0 Å². The standard InChI is InChI=1S/C17H18N2O4S/c1-10-4-5-12(11(2)8-10)9-14(20)18-16-13(6-7-24-16)15(21)19-17(22)23-3/h4-8H,9H2,1-3H3,(H,18,20)(H,19,21,22). The number of benzene rings is 1. The van der Waals surface area contributed by atoms with Crippen molar-refractivity contribution in [3.8, 4) is 0 Å². The molecule has 0 radical (unpaired) electrons. The second kappa shape index (κ2) is 7.74. The topological polar surface area (TPSA) is 84.5 Å². The number of ether oxygens (including phenoxy) is 1. The maximum atomic E-state index is 12.2. The number of thiophene rings is 1. The van der Waals surface area contributed by atoms with Crippen molar-refractivity contribution < 1.29 is 19.1 Å². The number of anilines is 1. The number of nitrogens with one attached hydrogen (secondary N) is 2. The number of carbonyl (C=O) groups excluding carboxylic acids is 3. The first-order chi connectivity index (χ1) is 11.4. The first kappa shape index (κ1) is 17.7. The molecule has 7 heteroatoms. The van der Waals surface area contributed by atoms with E-state index in [-0.39, 0.29) is 17.9 Å². The van der Waals surface area contributed by atoms with E-state index in [0.717, 1.165) is 16.7 Å². The molecule has 0 bridgehead atoms. The summed E-state index contributed by atoms with van der Waals surface area (Å²) in [6, 6.07) is 7.43. The van der Waals surface area contributed by atoms with Crippen LogP contribution < -0.4 is 10.6 Å². The van der Waals surface area contributed by atoms with Crippen LogP contribution in [-0.2, 0) is 16.0 Å². The number of hydrogen-bond acceptors (Lipinski definition) is 5. The van der Waals surface area contributed by atoms with Crippen LogP contribution in [0.25, 0.3) is 0 Å². The highest BCUT2D eigenvalue weighted by atomic mass is 32.1. The molecule has 0 saturated heterocycles. The van der Waals surface area contributed by atoms with Crippen LogP contribution in [-0.4, -0.2) is 25.0 Å². The van der Waals surface area contributed by atoms with Crippen molar-refractivity contribution in [3.63, 3.8) is 0 Å². The van der Waals surface area contributed by atoms with Crippen LogP contribution in [0.4, 0.5) is 9.80 Å². The summed E-state index contributed by atoms with van der Waals surface area (Å²) in [5, 5.41) is 6.85. The van der Waals surface area contributed by atoms with Gasteiger partial charge in [-0.3, -0.25) is 14.9 Å². The number of aryl methyl sites for hydroxylation is 2. The Morgan fingerprint density at radius 2 is 1.92 bits per heavy atom. The highest BCUT2D eigenvalue weighted by Gasteiger charge is 2.17. The fourth-order valence-corrected chi connectivity index (χ4v) is 2.98. The van der Waals surface area contributed by atoms with E-state index in [4.69, 9.17) is 0 Å². The quantitative estimate of drug-likeness (QED) is 0.891. The van der Waals surface area contributed by atoms with Crippen LogP contribution in [0.1, 0.15) is 27.0 Å². The summed E-state index contributed by atoms with van der Waals surface area (Å²) in [5.74, 6) is -0.846. The molecular weight excluding hydrogens is 328 g/mol. The molecule has 0 unspecified atom stereocenters. The Balaban J connectivity index is 2.06. The number of carbonyl (C=O) groups is 3. The lowest BCUT2D eigenvalue weighted by Gasteiger charge is -2.09. The summed E-state index contributed by atoms with van der Waals surface area (Å²) in [6.45, 7) is 3.95. The van der Waals surface area contributed by atoms with Gasteiger partial charge >= 0.3 is 6.09 Å². The minimum Gasteiger partial charge on any atom is -0.453 e. The first-order valence-electron chi connectivity index (χ1n) is 7.23. The molecule has 0 fully saturated rings. The molecule has 24 heavy (non-hydrogen) atoms. The number of amides is 3. The highest BCUT2D eigenvalue weighted by Crippen LogP contribution is 2.23. The number of hydrogen-bond donors (Lipinski definition) is 2. The van der Waals surface area contributed by atoms with Crippen LogP contribution in [0.15, 0.2) is 29.6 Å². The lowest BCUT2D eigenvalue weighted by molar-refractivity contribution is -0.115. The van der Waals surface area contributed by atoms with Gasteiger partial charge in [-0.15, -0.1) is 11.3 Å². The molecule has 0 spiro atoms. The van der Waals surface area contributed by atoms with Crippen molar-refractivity contribution in [3.05, 3.63) is 51.9 Å². The zero-order chi connectivity index (χ0) is 17.7. The van der Waals surface area contributed by atoms with E-state index in [1.807, 2.05) is 32.0 Å². The van der Waals surface area contributed by atoms with E-state index in [9.17, 15) is 14.4 Å². The minimum atomic E-state index is -0.848. The molecule has 0 saturated carbocycles. The predicted molar refractivity (Wildman–Crippen MR) is 92.4 cm³/mol. The van der Waals surface area contributed by atoms with Gasteiger partial charge in [0.15, 0.2) is 0 Å². The predicted octanol–water partition coefficient (Wildman–Crippen LogP) is 3.04. The molecule has 0 atom stereocenters. The van der Waals surface area contributed by atoms with Gasteiger partial charge in [0.25, 0.3) is 5.91 Å². The van der Waals surface area contributed by atoms with Gasteiger partial charge in [0.05, 0.1) is 19.1 Å². The second-order valence-corrected chi connectivity index (χ2v) is 6.18. The SMILES string of the molecule is COC(=O)NC(=O)c1ccsc1NC(=O)Cc1ccc(C)cc1C. The summed E-state index contributed by atoms with van der Waals surface area (Å²) < 4.78 is 4.39. The van der Waals surface area contributed by atoms with Gasteiger partial charge in [0.2, 0.25) is 5.91 Å². The third-order valence-electron chi connectivity index (χ3n) is 3.41.